The number of hydrogen-bond donors (Lipinski definition) is 2. The van der Waals surface area contributed by atoms with Crippen molar-refractivity contribution in [1.29, 1.82) is 0 Å². The Morgan fingerprint density at radius 2 is 2.00 bits per heavy atom. The van der Waals surface area contributed by atoms with Gasteiger partial charge in [0.15, 0.2) is 5.79 Å². The molecule has 0 aliphatic carbocycles. The third-order valence-electron chi connectivity index (χ3n) is 3.20. The number of ether oxygens (including phenoxy) is 2. The third kappa shape index (κ3) is 4.83. The Bertz CT molecular complexity index is 461. The largest absolute Gasteiger partial charge is 0.394 e. The van der Waals surface area contributed by atoms with E-state index in [-0.39, 0.29) is 12.7 Å². The highest BCUT2D eigenvalue weighted by Crippen LogP contribution is 2.32. The highest BCUT2D eigenvalue weighted by atomic mass is 32.2. The Hall–Kier alpha value is -0.850. The van der Waals surface area contributed by atoms with E-state index in [1.807, 2.05) is 55.7 Å². The van der Waals surface area contributed by atoms with Crippen LogP contribution in [0, 0.1) is 0 Å². The van der Waals surface area contributed by atoms with Crippen LogP contribution in [0.4, 0.5) is 0 Å². The normalized spacial score (nSPS) is 26.3. The molecule has 0 bridgehead atoms. The van der Waals surface area contributed by atoms with Crippen LogP contribution in [0.1, 0.15) is 20.3 Å². The minimum absolute atomic E-state index is 0.255. The van der Waals surface area contributed by atoms with Crippen molar-refractivity contribution in [1.82, 2.24) is 0 Å². The summed E-state index contributed by atoms with van der Waals surface area (Å²) in [5.41, 5.74) is 0. The van der Waals surface area contributed by atoms with Crippen LogP contribution in [0.2, 0.25) is 0 Å². The van der Waals surface area contributed by atoms with Crippen LogP contribution in [0.3, 0.4) is 0 Å². The number of rotatable bonds is 6. The minimum atomic E-state index is -0.924. The summed E-state index contributed by atoms with van der Waals surface area (Å²) in [5, 5.41) is 20.9. The molecule has 0 saturated carbocycles. The van der Waals surface area contributed by atoms with Gasteiger partial charge in [0, 0.05) is 4.90 Å². The van der Waals surface area contributed by atoms with Gasteiger partial charge >= 0.3 is 0 Å². The molecule has 1 aromatic carbocycles. The highest BCUT2D eigenvalue weighted by Gasteiger charge is 2.43. The lowest BCUT2D eigenvalue weighted by molar-refractivity contribution is -0.157. The molecule has 0 radical (unpaired) electrons. The lowest BCUT2D eigenvalue weighted by Gasteiger charge is -2.20. The average molecular weight is 310 g/mol. The number of aliphatic hydroxyl groups excluding tert-OH is 2. The van der Waals surface area contributed by atoms with Gasteiger partial charge in [-0.3, -0.25) is 0 Å². The van der Waals surface area contributed by atoms with E-state index < -0.39 is 18.0 Å². The summed E-state index contributed by atoms with van der Waals surface area (Å²) in [4.78, 5) is 1.17. The standard InChI is InChI=1S/C16H22O4S/c1-16(2)19-14(15(20-16)13(18)11-17)9-6-10-21-12-7-4-3-5-8-12/h3-8,10,13-15,17-18H,9,11H2,1-2H3/b10-6-/t13-,14+,15-/m1/s1. The lowest BCUT2D eigenvalue weighted by atomic mass is 10.1. The molecule has 1 aliphatic rings. The zero-order chi connectivity index (χ0) is 15.3. The van der Waals surface area contributed by atoms with Crippen LogP contribution in [0.15, 0.2) is 46.7 Å². The van der Waals surface area contributed by atoms with E-state index in [0.29, 0.717) is 6.42 Å². The van der Waals surface area contributed by atoms with Crippen LogP contribution in [-0.2, 0) is 9.47 Å². The molecule has 116 valence electrons. The molecule has 1 saturated heterocycles. The van der Waals surface area contributed by atoms with E-state index in [9.17, 15) is 5.11 Å². The van der Waals surface area contributed by atoms with E-state index in [1.54, 1.807) is 11.8 Å². The summed E-state index contributed by atoms with van der Waals surface area (Å²) < 4.78 is 11.4. The van der Waals surface area contributed by atoms with Crippen molar-refractivity contribution in [3.8, 4) is 0 Å². The minimum Gasteiger partial charge on any atom is -0.394 e. The van der Waals surface area contributed by atoms with Gasteiger partial charge in [-0.15, -0.1) is 0 Å². The van der Waals surface area contributed by atoms with Gasteiger partial charge in [0.25, 0.3) is 0 Å². The molecule has 0 spiro atoms. The van der Waals surface area contributed by atoms with E-state index in [1.165, 1.54) is 4.90 Å². The lowest BCUT2D eigenvalue weighted by Crippen LogP contribution is -2.37. The first-order chi connectivity index (χ1) is 10.0. The summed E-state index contributed by atoms with van der Waals surface area (Å²) in [6.07, 6.45) is 0.952. The van der Waals surface area contributed by atoms with Crippen molar-refractivity contribution in [2.45, 2.75) is 49.3 Å². The number of benzene rings is 1. The number of thioether (sulfide) groups is 1. The van der Waals surface area contributed by atoms with Crippen molar-refractivity contribution in [3.63, 3.8) is 0 Å². The Balaban J connectivity index is 1.88. The van der Waals surface area contributed by atoms with Crippen LogP contribution in [0.25, 0.3) is 0 Å². The topological polar surface area (TPSA) is 58.9 Å². The van der Waals surface area contributed by atoms with Gasteiger partial charge in [0.05, 0.1) is 12.7 Å². The molecule has 0 aromatic heterocycles. The summed E-state index contributed by atoms with van der Waals surface area (Å²) >= 11 is 1.63. The second-order valence-corrected chi connectivity index (χ2v) is 6.41. The maximum Gasteiger partial charge on any atom is 0.163 e. The Labute approximate surface area is 129 Å². The van der Waals surface area contributed by atoms with E-state index >= 15 is 0 Å². The maximum absolute atomic E-state index is 9.81. The SMILES string of the molecule is CC1(C)O[C@H]([C@H](O)CO)[C@H](C/C=C\Sc2ccccc2)O1. The van der Waals surface area contributed by atoms with Crippen LogP contribution < -0.4 is 0 Å². The smallest absolute Gasteiger partial charge is 0.163 e. The van der Waals surface area contributed by atoms with Gasteiger partial charge in [-0.1, -0.05) is 36.0 Å². The molecular formula is C16H22O4S. The van der Waals surface area contributed by atoms with Gasteiger partial charge in [-0.25, -0.2) is 0 Å². The summed E-state index contributed by atoms with van der Waals surface area (Å²) in [6.45, 7) is 3.29. The van der Waals surface area contributed by atoms with E-state index in [0.717, 1.165) is 0 Å². The molecule has 0 amide bonds. The summed E-state index contributed by atoms with van der Waals surface area (Å²) in [6, 6.07) is 10.1. The molecule has 4 nitrogen and oxygen atoms in total. The van der Waals surface area contributed by atoms with E-state index in [2.05, 4.69) is 0 Å². The first-order valence-corrected chi connectivity index (χ1v) is 7.91. The molecule has 1 aliphatic heterocycles. The molecule has 1 fully saturated rings. The molecule has 3 atom stereocenters. The number of aliphatic hydroxyl groups is 2. The van der Waals surface area contributed by atoms with Gasteiger partial charge in [-0.2, -0.15) is 0 Å². The maximum atomic E-state index is 9.81. The fourth-order valence-corrected chi connectivity index (χ4v) is 2.97. The van der Waals surface area contributed by atoms with Gasteiger partial charge < -0.3 is 19.7 Å². The number of hydrogen-bond acceptors (Lipinski definition) is 5. The summed E-state index contributed by atoms with van der Waals surface area (Å²) in [5.74, 6) is -0.730. The van der Waals surface area contributed by atoms with Crippen molar-refractivity contribution in [3.05, 3.63) is 41.8 Å². The quantitative estimate of drug-likeness (QED) is 0.791. The molecule has 2 N–H and O–H groups in total. The highest BCUT2D eigenvalue weighted by molar-refractivity contribution is 8.02. The zero-order valence-electron chi connectivity index (χ0n) is 12.3. The fraction of sp³-hybridized carbons (Fsp3) is 0.500. The molecule has 2 rings (SSSR count). The fourth-order valence-electron chi connectivity index (χ4n) is 2.29. The second kappa shape index (κ2) is 7.42. The predicted molar refractivity (Wildman–Crippen MR) is 83.0 cm³/mol. The van der Waals surface area contributed by atoms with Gasteiger partial charge in [0.1, 0.15) is 12.2 Å². The first kappa shape index (κ1) is 16.5. The molecular weight excluding hydrogens is 288 g/mol. The van der Waals surface area contributed by atoms with E-state index in [4.69, 9.17) is 14.6 Å². The molecule has 21 heavy (non-hydrogen) atoms. The van der Waals surface area contributed by atoms with Crippen molar-refractivity contribution < 1.29 is 19.7 Å². The van der Waals surface area contributed by atoms with Crippen LogP contribution in [0.5, 0.6) is 0 Å². The predicted octanol–water partition coefficient (Wildman–Crippen LogP) is 2.56. The van der Waals surface area contributed by atoms with Crippen LogP contribution in [-0.4, -0.2) is 40.9 Å². The Kier molecular flexibility index (Phi) is 5.84. The summed E-state index contributed by atoms with van der Waals surface area (Å²) in [7, 11) is 0. The molecule has 1 aromatic rings. The molecule has 5 heteroatoms. The third-order valence-corrected chi connectivity index (χ3v) is 4.07. The second-order valence-electron chi connectivity index (χ2n) is 5.43. The Morgan fingerprint density at radius 3 is 2.67 bits per heavy atom. The van der Waals surface area contributed by atoms with Crippen LogP contribution >= 0.6 is 11.8 Å². The van der Waals surface area contributed by atoms with Crippen molar-refractivity contribution in [2.24, 2.45) is 0 Å². The molecule has 1 heterocycles. The molecule has 0 unspecified atom stereocenters. The van der Waals surface area contributed by atoms with Gasteiger partial charge in [0.2, 0.25) is 0 Å². The van der Waals surface area contributed by atoms with Crippen molar-refractivity contribution >= 4 is 11.8 Å². The zero-order valence-corrected chi connectivity index (χ0v) is 13.1. The Morgan fingerprint density at radius 1 is 1.29 bits per heavy atom. The van der Waals surface area contributed by atoms with Gasteiger partial charge in [-0.05, 0) is 37.8 Å². The van der Waals surface area contributed by atoms with Crippen molar-refractivity contribution in [2.75, 3.05) is 6.61 Å². The average Bonchev–Trinajstić information content (AvgIpc) is 2.79. The monoisotopic (exact) mass is 310 g/mol. The first-order valence-electron chi connectivity index (χ1n) is 7.03.